The number of nitrogens with zero attached hydrogens (tertiary/aromatic N) is 1. The Labute approximate surface area is 96.6 Å². The van der Waals surface area contributed by atoms with Gasteiger partial charge in [0.15, 0.2) is 9.84 Å². The summed E-state index contributed by atoms with van der Waals surface area (Å²) in [5, 5.41) is 3.01. The minimum absolute atomic E-state index is 0.0681. The molecule has 0 aromatic rings. The van der Waals surface area contributed by atoms with Crippen molar-refractivity contribution in [1.82, 2.24) is 10.7 Å². The van der Waals surface area contributed by atoms with E-state index in [2.05, 4.69) is 22.7 Å². The molecule has 0 amide bonds. The number of nitrogens with two attached hydrogens (primary N) is 1. The molecule has 1 saturated heterocycles. The Morgan fingerprint density at radius 3 is 2.81 bits per heavy atom. The van der Waals surface area contributed by atoms with Gasteiger partial charge in [-0.2, -0.15) is 0 Å². The number of guanidine groups is 1. The van der Waals surface area contributed by atoms with Crippen LogP contribution >= 0.6 is 0 Å². The molecule has 0 aromatic heterocycles. The molecule has 6 nitrogen and oxygen atoms in total. The van der Waals surface area contributed by atoms with Crippen LogP contribution in [0.4, 0.5) is 0 Å². The van der Waals surface area contributed by atoms with E-state index in [1.165, 1.54) is 0 Å². The molecule has 0 aromatic carbocycles. The molecular formula is C9H20N4O2S. The highest BCUT2D eigenvalue weighted by Crippen LogP contribution is 2.10. The summed E-state index contributed by atoms with van der Waals surface area (Å²) in [4.78, 5) is 4.22. The first-order valence-corrected chi connectivity index (χ1v) is 7.37. The molecule has 0 bridgehead atoms. The topological polar surface area (TPSA) is 96.6 Å². The van der Waals surface area contributed by atoms with Gasteiger partial charge in [0.25, 0.3) is 0 Å². The highest BCUT2D eigenvalue weighted by atomic mass is 32.2. The number of hydrogen-bond acceptors (Lipinski definition) is 4. The maximum absolute atomic E-state index is 11.2. The Morgan fingerprint density at radius 1 is 1.56 bits per heavy atom. The largest absolute Gasteiger partial charge is 0.352 e. The summed E-state index contributed by atoms with van der Waals surface area (Å²) in [7, 11) is -2.86. The van der Waals surface area contributed by atoms with Gasteiger partial charge in [0.2, 0.25) is 5.96 Å². The van der Waals surface area contributed by atoms with Crippen LogP contribution in [-0.4, -0.2) is 38.5 Å². The van der Waals surface area contributed by atoms with Gasteiger partial charge in [0.1, 0.15) is 0 Å². The summed E-state index contributed by atoms with van der Waals surface area (Å²) in [6.45, 7) is 2.78. The van der Waals surface area contributed by atoms with Crippen molar-refractivity contribution in [3.05, 3.63) is 0 Å². The van der Waals surface area contributed by atoms with Crippen molar-refractivity contribution in [1.29, 1.82) is 0 Å². The van der Waals surface area contributed by atoms with Crippen LogP contribution in [0.5, 0.6) is 0 Å². The van der Waals surface area contributed by atoms with E-state index < -0.39 is 9.84 Å². The number of nitrogens with one attached hydrogen (secondary N) is 2. The Hall–Kier alpha value is -0.820. The highest BCUT2D eigenvalue weighted by Gasteiger charge is 2.28. The zero-order chi connectivity index (χ0) is 12.0. The van der Waals surface area contributed by atoms with Crippen LogP contribution in [0.15, 0.2) is 4.99 Å². The highest BCUT2D eigenvalue weighted by molar-refractivity contribution is 7.91. The summed E-state index contributed by atoms with van der Waals surface area (Å²) in [6, 6.07) is -0.0681. The molecule has 0 spiro atoms. The van der Waals surface area contributed by atoms with E-state index >= 15 is 0 Å². The van der Waals surface area contributed by atoms with E-state index in [1.807, 2.05) is 0 Å². The second-order valence-electron chi connectivity index (χ2n) is 3.97. The molecule has 7 heteroatoms. The minimum Gasteiger partial charge on any atom is -0.352 e. The fraction of sp³-hybridized carbons (Fsp3) is 0.889. The number of sulfone groups is 1. The first-order valence-electron chi connectivity index (χ1n) is 5.55. The van der Waals surface area contributed by atoms with Crippen molar-refractivity contribution in [3.8, 4) is 0 Å². The summed E-state index contributed by atoms with van der Waals surface area (Å²) in [5.74, 6) is 6.21. The standard InChI is InChI=1S/C9H20N4O2S/c1-2-3-5-11-9(13-10)12-8-4-6-16(14,15)7-8/h8H,2-7,10H2,1H3,(H2,11,12,13). The fourth-order valence-electron chi connectivity index (χ4n) is 1.58. The van der Waals surface area contributed by atoms with E-state index in [0.29, 0.717) is 18.9 Å². The van der Waals surface area contributed by atoms with Crippen LogP contribution in [0, 0.1) is 0 Å². The molecule has 0 saturated carbocycles. The average molecular weight is 248 g/mol. The van der Waals surface area contributed by atoms with Gasteiger partial charge in [-0.25, -0.2) is 14.3 Å². The SMILES string of the molecule is CCCCN=C(NN)NC1CCS(=O)(=O)C1. The lowest BCUT2D eigenvalue weighted by molar-refractivity contribution is 0.599. The normalized spacial score (nSPS) is 24.4. The minimum atomic E-state index is -2.86. The molecule has 1 unspecified atom stereocenters. The maximum atomic E-state index is 11.2. The van der Waals surface area contributed by atoms with Crippen LogP contribution in [0.2, 0.25) is 0 Å². The summed E-state index contributed by atoms with van der Waals surface area (Å²) in [5.41, 5.74) is 2.46. The number of rotatable bonds is 4. The second-order valence-corrected chi connectivity index (χ2v) is 6.20. The van der Waals surface area contributed by atoms with Crippen molar-refractivity contribution >= 4 is 15.8 Å². The molecule has 16 heavy (non-hydrogen) atoms. The Morgan fingerprint density at radius 2 is 2.31 bits per heavy atom. The quantitative estimate of drug-likeness (QED) is 0.203. The molecule has 1 heterocycles. The molecule has 94 valence electrons. The molecule has 1 rings (SSSR count). The van der Waals surface area contributed by atoms with Crippen molar-refractivity contribution < 1.29 is 8.42 Å². The van der Waals surface area contributed by atoms with Crippen molar-refractivity contribution in [2.45, 2.75) is 32.2 Å². The Kier molecular flexibility index (Phi) is 5.01. The fourth-order valence-corrected chi connectivity index (χ4v) is 3.26. The predicted molar refractivity (Wildman–Crippen MR) is 64.7 cm³/mol. The number of hydrogen-bond donors (Lipinski definition) is 3. The third-order valence-electron chi connectivity index (χ3n) is 2.49. The van der Waals surface area contributed by atoms with Crippen molar-refractivity contribution in [2.75, 3.05) is 18.1 Å². The average Bonchev–Trinajstić information content (AvgIpc) is 2.57. The van der Waals surface area contributed by atoms with Gasteiger partial charge in [-0.15, -0.1) is 0 Å². The lowest BCUT2D eigenvalue weighted by Crippen LogP contribution is -2.47. The zero-order valence-corrected chi connectivity index (χ0v) is 10.4. The molecule has 1 fully saturated rings. The van der Waals surface area contributed by atoms with E-state index in [-0.39, 0.29) is 17.5 Å². The van der Waals surface area contributed by atoms with E-state index in [9.17, 15) is 8.42 Å². The summed E-state index contributed by atoms with van der Waals surface area (Å²) >= 11 is 0. The molecule has 0 radical (unpaired) electrons. The van der Waals surface area contributed by atoms with Crippen molar-refractivity contribution in [3.63, 3.8) is 0 Å². The van der Waals surface area contributed by atoms with Crippen LogP contribution < -0.4 is 16.6 Å². The maximum Gasteiger partial charge on any atom is 0.205 e. The summed E-state index contributed by atoms with van der Waals surface area (Å²) < 4.78 is 22.5. The van der Waals surface area contributed by atoms with Crippen LogP contribution in [0.3, 0.4) is 0 Å². The first-order chi connectivity index (χ1) is 7.57. The van der Waals surface area contributed by atoms with Gasteiger partial charge in [-0.1, -0.05) is 13.3 Å². The third kappa shape index (κ3) is 4.36. The van der Waals surface area contributed by atoms with Gasteiger partial charge >= 0.3 is 0 Å². The number of aliphatic imine (C=N–C) groups is 1. The Bertz CT molecular complexity index is 339. The van der Waals surface area contributed by atoms with E-state index in [0.717, 1.165) is 12.8 Å². The predicted octanol–water partition coefficient (Wildman–Crippen LogP) is -0.617. The molecule has 4 N–H and O–H groups in total. The zero-order valence-electron chi connectivity index (χ0n) is 9.57. The molecular weight excluding hydrogens is 228 g/mol. The van der Waals surface area contributed by atoms with Gasteiger partial charge < -0.3 is 5.32 Å². The molecule has 1 aliphatic rings. The monoisotopic (exact) mass is 248 g/mol. The lowest BCUT2D eigenvalue weighted by Gasteiger charge is -2.13. The van der Waals surface area contributed by atoms with Crippen molar-refractivity contribution in [2.24, 2.45) is 10.8 Å². The molecule has 1 aliphatic heterocycles. The smallest absolute Gasteiger partial charge is 0.205 e. The second kappa shape index (κ2) is 6.05. The first kappa shape index (κ1) is 13.2. The lowest BCUT2D eigenvalue weighted by atomic mass is 10.3. The van der Waals surface area contributed by atoms with Gasteiger partial charge in [0.05, 0.1) is 11.5 Å². The van der Waals surface area contributed by atoms with Crippen LogP contribution in [0.25, 0.3) is 0 Å². The van der Waals surface area contributed by atoms with E-state index in [1.54, 1.807) is 0 Å². The number of hydrazine groups is 1. The van der Waals surface area contributed by atoms with Gasteiger partial charge in [0, 0.05) is 12.6 Å². The molecule has 0 aliphatic carbocycles. The molecule has 1 atom stereocenters. The van der Waals surface area contributed by atoms with Crippen LogP contribution in [0.1, 0.15) is 26.2 Å². The Balaban J connectivity index is 2.42. The number of unbranched alkanes of at least 4 members (excludes halogenated alkanes) is 1. The van der Waals surface area contributed by atoms with Gasteiger partial charge in [-0.3, -0.25) is 10.4 Å². The van der Waals surface area contributed by atoms with Gasteiger partial charge in [-0.05, 0) is 12.8 Å². The van der Waals surface area contributed by atoms with E-state index in [4.69, 9.17) is 5.84 Å². The third-order valence-corrected chi connectivity index (χ3v) is 4.26. The summed E-state index contributed by atoms with van der Waals surface area (Å²) in [6.07, 6.45) is 2.69. The van der Waals surface area contributed by atoms with Crippen LogP contribution in [-0.2, 0) is 9.84 Å².